The fraction of sp³-hybridized carbons (Fsp3) is 0.321. The van der Waals surface area contributed by atoms with E-state index in [1.807, 2.05) is 25.3 Å². The van der Waals surface area contributed by atoms with Crippen LogP contribution >= 0.6 is 0 Å². The van der Waals surface area contributed by atoms with Gasteiger partial charge in [0.15, 0.2) is 0 Å². The molecule has 0 fully saturated rings. The molecule has 2 aromatic heterocycles. The van der Waals surface area contributed by atoms with E-state index in [0.717, 1.165) is 59.6 Å². The lowest BCUT2D eigenvalue weighted by atomic mass is 9.98. The minimum Gasteiger partial charge on any atom is -0.367 e. The zero-order valence-electron chi connectivity index (χ0n) is 20.5. The van der Waals surface area contributed by atoms with Crippen molar-refractivity contribution in [1.29, 1.82) is 0 Å². The Balaban J connectivity index is 1.65. The molecule has 0 saturated carbocycles. The second-order valence-corrected chi connectivity index (χ2v) is 8.94. The Bertz CT molecular complexity index is 1350. The van der Waals surface area contributed by atoms with Gasteiger partial charge in [-0.15, -0.1) is 0 Å². The van der Waals surface area contributed by atoms with Crippen molar-refractivity contribution in [3.05, 3.63) is 98.4 Å². The molecule has 0 aliphatic carbocycles. The highest BCUT2D eigenvalue weighted by Crippen LogP contribution is 2.29. The number of hydrogen-bond acceptors (Lipinski definition) is 4. The van der Waals surface area contributed by atoms with E-state index in [4.69, 9.17) is 4.98 Å². The van der Waals surface area contributed by atoms with E-state index in [9.17, 15) is 9.18 Å². The van der Waals surface area contributed by atoms with Crippen molar-refractivity contribution in [3.8, 4) is 11.1 Å². The van der Waals surface area contributed by atoms with Gasteiger partial charge in [-0.2, -0.15) is 0 Å². The van der Waals surface area contributed by atoms with E-state index >= 15 is 0 Å². The molecule has 5 nitrogen and oxygen atoms in total. The van der Waals surface area contributed by atoms with Crippen molar-refractivity contribution in [2.45, 2.75) is 47.1 Å². The van der Waals surface area contributed by atoms with Gasteiger partial charge in [-0.3, -0.25) is 14.3 Å². The molecule has 1 aliphatic heterocycles. The molecule has 0 saturated heterocycles. The average Bonchev–Trinajstić information content (AvgIpc) is 2.81. The van der Waals surface area contributed by atoms with Crippen molar-refractivity contribution in [2.24, 2.45) is 7.05 Å². The van der Waals surface area contributed by atoms with Crippen LogP contribution in [0.2, 0.25) is 0 Å². The first-order valence-corrected chi connectivity index (χ1v) is 11.7. The van der Waals surface area contributed by atoms with Gasteiger partial charge in [-0.1, -0.05) is 25.1 Å². The van der Waals surface area contributed by atoms with E-state index in [-0.39, 0.29) is 11.4 Å². The summed E-state index contributed by atoms with van der Waals surface area (Å²) in [6, 6.07) is 9.00. The molecule has 34 heavy (non-hydrogen) atoms. The second kappa shape index (κ2) is 9.75. The molecule has 1 aromatic carbocycles. The molecule has 0 radical (unpaired) electrons. The molecule has 3 aromatic rings. The van der Waals surface area contributed by atoms with Gasteiger partial charge in [-0.05, 0) is 67.7 Å². The number of hydrogen-bond donors (Lipinski definition) is 0. The first-order chi connectivity index (χ1) is 16.3. The molecule has 176 valence electrons. The van der Waals surface area contributed by atoms with Crippen LogP contribution in [0.25, 0.3) is 17.2 Å². The van der Waals surface area contributed by atoms with Crippen molar-refractivity contribution in [2.75, 3.05) is 6.54 Å². The number of rotatable bonds is 5. The van der Waals surface area contributed by atoms with Gasteiger partial charge < -0.3 is 4.90 Å². The molecule has 4 rings (SSSR count). The van der Waals surface area contributed by atoms with Gasteiger partial charge in [0.2, 0.25) is 0 Å². The van der Waals surface area contributed by atoms with Gasteiger partial charge in [0.05, 0.1) is 0 Å². The Morgan fingerprint density at radius 2 is 1.97 bits per heavy atom. The minimum absolute atomic E-state index is 0.0642. The third-order valence-electron chi connectivity index (χ3n) is 6.33. The van der Waals surface area contributed by atoms with Crippen LogP contribution in [0.5, 0.6) is 0 Å². The normalized spacial score (nSPS) is 14.4. The van der Waals surface area contributed by atoms with Crippen molar-refractivity contribution < 1.29 is 4.39 Å². The molecular weight excluding hydrogens is 427 g/mol. The maximum atomic E-state index is 14.1. The van der Waals surface area contributed by atoms with Crippen LogP contribution in [0, 0.1) is 19.7 Å². The van der Waals surface area contributed by atoms with Gasteiger partial charge in [0.25, 0.3) is 5.56 Å². The predicted molar refractivity (Wildman–Crippen MR) is 135 cm³/mol. The van der Waals surface area contributed by atoms with E-state index in [1.165, 1.54) is 0 Å². The van der Waals surface area contributed by atoms with Crippen LogP contribution in [0.4, 0.5) is 4.39 Å². The summed E-state index contributed by atoms with van der Waals surface area (Å²) in [5.41, 5.74) is 7.48. The van der Waals surface area contributed by atoms with E-state index in [0.29, 0.717) is 17.1 Å². The Labute approximate surface area is 200 Å². The first-order valence-electron chi connectivity index (χ1n) is 11.7. The maximum absolute atomic E-state index is 14.1. The van der Waals surface area contributed by atoms with Crippen LogP contribution in [0.15, 0.2) is 58.7 Å². The monoisotopic (exact) mass is 458 g/mol. The van der Waals surface area contributed by atoms with Gasteiger partial charge >= 0.3 is 0 Å². The van der Waals surface area contributed by atoms with Crippen LogP contribution in [-0.4, -0.2) is 26.0 Å². The molecule has 1 aliphatic rings. The molecule has 0 N–H and O–H groups in total. The molecule has 0 bridgehead atoms. The zero-order valence-corrected chi connectivity index (χ0v) is 20.5. The molecule has 0 amide bonds. The second-order valence-electron chi connectivity index (χ2n) is 8.94. The summed E-state index contributed by atoms with van der Waals surface area (Å²) in [5, 5.41) is 0. The lowest BCUT2D eigenvalue weighted by Gasteiger charge is -2.33. The quantitative estimate of drug-likeness (QED) is 0.484. The summed E-state index contributed by atoms with van der Waals surface area (Å²) < 4.78 is 15.7. The number of aryl methyl sites for hydroxylation is 2. The van der Waals surface area contributed by atoms with Crippen LogP contribution < -0.4 is 5.56 Å². The Hall–Kier alpha value is -3.54. The fourth-order valence-corrected chi connectivity index (χ4v) is 4.37. The van der Waals surface area contributed by atoms with Gasteiger partial charge in [0, 0.05) is 61.5 Å². The number of benzene rings is 1. The first kappa shape index (κ1) is 23.6. The number of pyridine rings is 1. The lowest BCUT2D eigenvalue weighted by Crippen LogP contribution is -2.31. The zero-order chi connectivity index (χ0) is 24.4. The summed E-state index contributed by atoms with van der Waals surface area (Å²) in [6.07, 6.45) is 7.78. The van der Waals surface area contributed by atoms with Crippen LogP contribution in [0.1, 0.15) is 48.6 Å². The average molecular weight is 459 g/mol. The Morgan fingerprint density at radius 3 is 2.71 bits per heavy atom. The number of halogens is 1. The number of nitrogens with zero attached hydrogens (tertiary/aromatic N) is 4. The summed E-state index contributed by atoms with van der Waals surface area (Å²) in [7, 11) is 1.75. The topological polar surface area (TPSA) is 51.0 Å². The maximum Gasteiger partial charge on any atom is 0.253 e. The summed E-state index contributed by atoms with van der Waals surface area (Å²) in [6.45, 7) is 9.37. The number of fused-ring (bicyclic) bond motifs is 1. The third kappa shape index (κ3) is 4.86. The minimum atomic E-state index is -0.204. The molecule has 0 unspecified atom stereocenters. The van der Waals surface area contributed by atoms with Crippen molar-refractivity contribution in [1.82, 2.24) is 19.4 Å². The fourth-order valence-electron chi connectivity index (χ4n) is 4.37. The molecule has 3 heterocycles. The highest BCUT2D eigenvalue weighted by molar-refractivity contribution is 5.64. The number of allylic oxidation sites excluding steroid dienone is 2. The molecule has 0 atom stereocenters. The van der Waals surface area contributed by atoms with Gasteiger partial charge in [0.1, 0.15) is 11.6 Å². The largest absolute Gasteiger partial charge is 0.367 e. The summed E-state index contributed by atoms with van der Waals surface area (Å²) >= 11 is 0. The van der Waals surface area contributed by atoms with E-state index in [2.05, 4.69) is 35.9 Å². The van der Waals surface area contributed by atoms with Crippen LogP contribution in [0.3, 0.4) is 0 Å². The Kier molecular flexibility index (Phi) is 6.77. The van der Waals surface area contributed by atoms with Crippen molar-refractivity contribution in [3.63, 3.8) is 0 Å². The molecule has 0 spiro atoms. The van der Waals surface area contributed by atoms with Gasteiger partial charge in [-0.25, -0.2) is 9.37 Å². The van der Waals surface area contributed by atoms with E-state index in [1.54, 1.807) is 36.7 Å². The van der Waals surface area contributed by atoms with E-state index < -0.39 is 0 Å². The van der Waals surface area contributed by atoms with Crippen molar-refractivity contribution >= 4 is 6.08 Å². The smallest absolute Gasteiger partial charge is 0.253 e. The summed E-state index contributed by atoms with van der Waals surface area (Å²) in [4.78, 5) is 23.8. The highest BCUT2D eigenvalue weighted by atomic mass is 19.1. The molecule has 6 heteroatoms. The lowest BCUT2D eigenvalue weighted by molar-refractivity contribution is 0.324. The van der Waals surface area contributed by atoms with Crippen LogP contribution in [-0.2, 0) is 20.0 Å². The standard InChI is InChI=1S/C28H31FN4O/c1-6-7-26(19(3)12-27-31-20(4)13-28(34)32(27)5)33-11-10-25-23(17-33)14-22(16-30-25)21-9-8-18(2)24(29)15-21/h7-9,12-16H,6,10-11,17H2,1-5H3/b19-12-,26-7-. The predicted octanol–water partition coefficient (Wildman–Crippen LogP) is 5.35. The molecular formula is C28H31FN4O. The third-order valence-corrected chi connectivity index (χ3v) is 6.33. The Morgan fingerprint density at radius 1 is 1.18 bits per heavy atom. The number of aromatic nitrogens is 3. The SMILES string of the molecule is CC/C=C(/C(C)=C\c1nc(C)cc(=O)n1C)N1CCc2ncc(-c3ccc(C)c(F)c3)cc2C1. The summed E-state index contributed by atoms with van der Waals surface area (Å²) in [5.74, 6) is 0.442. The highest BCUT2D eigenvalue weighted by Gasteiger charge is 2.21.